The molecule has 1 aromatic carbocycles. The molecule has 3 aliphatic heterocycles. The highest BCUT2D eigenvalue weighted by Gasteiger charge is 2.76. The van der Waals surface area contributed by atoms with Gasteiger partial charge in [-0.3, -0.25) is 14.4 Å². The first kappa shape index (κ1) is 31.1. The third-order valence-corrected chi connectivity index (χ3v) is 11.6. The highest BCUT2D eigenvalue weighted by atomic mass is 79.9. The van der Waals surface area contributed by atoms with E-state index in [-0.39, 0.29) is 47.6 Å². The number of thioether (sulfide) groups is 1. The zero-order chi connectivity index (χ0) is 29.2. The largest absolute Gasteiger partial charge is 0.465 e. The molecule has 0 aliphatic carbocycles. The minimum Gasteiger partial charge on any atom is -0.465 e. The Morgan fingerprint density at radius 3 is 2.60 bits per heavy atom. The van der Waals surface area contributed by atoms with Crippen LogP contribution in [-0.4, -0.2) is 74.5 Å². The van der Waals surface area contributed by atoms with E-state index in [1.54, 1.807) is 58.0 Å². The fourth-order valence-electron chi connectivity index (χ4n) is 6.55. The molecule has 1 aromatic rings. The number of benzene rings is 1. The molecule has 0 radical (unpaired) electrons. The number of carbonyl (C=O) groups excluding carboxylic acids is 3. The van der Waals surface area contributed by atoms with E-state index in [4.69, 9.17) is 16.3 Å². The minimum absolute atomic E-state index is 0.0661. The number of fused-ring (bicyclic) bond motifs is 1. The fraction of sp³-hybridized carbons (Fsp3) is 0.567. The van der Waals surface area contributed by atoms with Gasteiger partial charge in [-0.05, 0) is 55.9 Å². The Bertz CT molecular complexity index is 1130. The number of esters is 1. The van der Waals surface area contributed by atoms with Crippen LogP contribution < -0.4 is 4.90 Å². The third-order valence-electron chi connectivity index (χ3n) is 8.09. The second-order valence-corrected chi connectivity index (χ2v) is 14.3. The van der Waals surface area contributed by atoms with Crippen molar-refractivity contribution < 1.29 is 24.2 Å². The fourth-order valence-corrected chi connectivity index (χ4v) is 10.3. The Hall–Kier alpha value is -1.81. The standard InChI is InChI=1S/C30H38BrClN2O5S/c1-5-7-8-14-39-29(38)23-24-27(36)34(21(17-35)15-18(3)4)26(30(24)16-22(31)25(23)40-30)28(37)33(13-6-2)20-11-9-19(32)10-12-20/h5-6,9-12,18,21-26,35H,1-2,7-8,13-17H2,3-4H3/t21-,22?,23+,24+,25+,26?,30?/m1/s1. The van der Waals surface area contributed by atoms with Crippen molar-refractivity contribution >= 4 is 62.8 Å². The maximum atomic E-state index is 14.7. The molecule has 3 unspecified atom stereocenters. The maximum Gasteiger partial charge on any atom is 0.310 e. The molecule has 10 heteroatoms. The van der Waals surface area contributed by atoms with Crippen LogP contribution in [0.4, 0.5) is 5.69 Å². The van der Waals surface area contributed by atoms with E-state index in [1.807, 2.05) is 13.8 Å². The Kier molecular flexibility index (Phi) is 10.1. The van der Waals surface area contributed by atoms with Crippen molar-refractivity contribution in [2.75, 3.05) is 24.7 Å². The van der Waals surface area contributed by atoms with E-state index >= 15 is 0 Å². The van der Waals surface area contributed by atoms with Crippen LogP contribution >= 0.6 is 39.3 Å². The molecule has 4 rings (SSSR count). The molecular weight excluding hydrogens is 616 g/mol. The van der Waals surface area contributed by atoms with Gasteiger partial charge in [0.25, 0.3) is 5.91 Å². The van der Waals surface area contributed by atoms with Gasteiger partial charge in [0.05, 0.1) is 35.8 Å². The van der Waals surface area contributed by atoms with Gasteiger partial charge in [-0.25, -0.2) is 0 Å². The Balaban J connectivity index is 1.78. The van der Waals surface area contributed by atoms with Gasteiger partial charge in [0.1, 0.15) is 6.04 Å². The molecule has 218 valence electrons. The Labute approximate surface area is 254 Å². The number of allylic oxidation sites excluding steroid dienone is 1. The first-order valence-corrected chi connectivity index (χ1v) is 16.0. The summed E-state index contributed by atoms with van der Waals surface area (Å²) in [5.74, 6) is -2.12. The van der Waals surface area contributed by atoms with Crippen LogP contribution in [0.5, 0.6) is 0 Å². The lowest BCUT2D eigenvalue weighted by atomic mass is 9.71. The van der Waals surface area contributed by atoms with Gasteiger partial charge in [-0.1, -0.05) is 53.5 Å². The lowest BCUT2D eigenvalue weighted by Crippen LogP contribution is -2.58. The number of likely N-dealkylation sites (tertiary alicyclic amines) is 1. The summed E-state index contributed by atoms with van der Waals surface area (Å²) >= 11 is 11.5. The predicted molar refractivity (Wildman–Crippen MR) is 164 cm³/mol. The summed E-state index contributed by atoms with van der Waals surface area (Å²) in [6, 6.07) is 5.55. The molecule has 7 atom stereocenters. The van der Waals surface area contributed by atoms with Crippen LogP contribution in [0.2, 0.25) is 5.02 Å². The maximum absolute atomic E-state index is 14.7. The average Bonchev–Trinajstić information content (AvgIpc) is 3.51. The normalized spacial score (nSPS) is 29.4. The van der Waals surface area contributed by atoms with E-state index < -0.39 is 34.6 Å². The van der Waals surface area contributed by atoms with Crippen LogP contribution in [0.25, 0.3) is 0 Å². The van der Waals surface area contributed by atoms with E-state index in [0.717, 1.165) is 6.42 Å². The molecule has 3 heterocycles. The number of amides is 2. The molecule has 1 spiro atoms. The number of hydrogen-bond acceptors (Lipinski definition) is 6. The predicted octanol–water partition coefficient (Wildman–Crippen LogP) is 5.24. The van der Waals surface area contributed by atoms with Gasteiger partial charge in [-0.2, -0.15) is 0 Å². The van der Waals surface area contributed by atoms with Gasteiger partial charge >= 0.3 is 5.97 Å². The SMILES string of the molecule is C=CCCCOC(=O)[C@H]1[C@H]2C(=O)N([C@@H](CO)CC(C)C)C(C(=O)N(CC=C)c3ccc(Cl)cc3)C23CC(Br)[C@@H]1S3. The van der Waals surface area contributed by atoms with E-state index in [1.165, 1.54) is 0 Å². The first-order chi connectivity index (χ1) is 19.1. The van der Waals surface area contributed by atoms with Crippen molar-refractivity contribution in [3.63, 3.8) is 0 Å². The Morgan fingerprint density at radius 1 is 1.30 bits per heavy atom. The summed E-state index contributed by atoms with van der Waals surface area (Å²) in [6.45, 7) is 11.8. The minimum atomic E-state index is -0.870. The summed E-state index contributed by atoms with van der Waals surface area (Å²) in [7, 11) is 0. The lowest BCUT2D eigenvalue weighted by Gasteiger charge is -2.40. The van der Waals surface area contributed by atoms with E-state index in [9.17, 15) is 19.5 Å². The van der Waals surface area contributed by atoms with Gasteiger partial charge in [0.15, 0.2) is 0 Å². The molecule has 3 fully saturated rings. The highest BCUT2D eigenvalue weighted by molar-refractivity contribution is 9.09. The number of carbonyl (C=O) groups is 3. The van der Waals surface area contributed by atoms with Crippen molar-refractivity contribution in [2.24, 2.45) is 17.8 Å². The summed E-state index contributed by atoms with van der Waals surface area (Å²) in [6.07, 6.45) is 5.89. The summed E-state index contributed by atoms with van der Waals surface area (Å²) in [5.41, 5.74) is 0.636. The molecular formula is C30H38BrClN2O5S. The second kappa shape index (κ2) is 13.0. The van der Waals surface area contributed by atoms with Crippen LogP contribution in [0.15, 0.2) is 49.6 Å². The topological polar surface area (TPSA) is 87.1 Å². The molecule has 0 aromatic heterocycles. The van der Waals surface area contributed by atoms with Crippen LogP contribution in [0.3, 0.4) is 0 Å². The molecule has 3 aliphatic rings. The smallest absolute Gasteiger partial charge is 0.310 e. The number of rotatable bonds is 13. The molecule has 0 saturated carbocycles. The quantitative estimate of drug-likeness (QED) is 0.136. The van der Waals surface area contributed by atoms with Crippen molar-refractivity contribution in [1.29, 1.82) is 0 Å². The number of ether oxygens (including phenoxy) is 1. The van der Waals surface area contributed by atoms with Crippen molar-refractivity contribution in [2.45, 2.75) is 66.4 Å². The molecule has 40 heavy (non-hydrogen) atoms. The van der Waals surface area contributed by atoms with E-state index in [0.29, 0.717) is 30.0 Å². The highest BCUT2D eigenvalue weighted by Crippen LogP contribution is 2.68. The van der Waals surface area contributed by atoms with Crippen molar-refractivity contribution in [1.82, 2.24) is 4.90 Å². The lowest BCUT2D eigenvalue weighted by molar-refractivity contribution is -0.154. The summed E-state index contributed by atoms with van der Waals surface area (Å²) < 4.78 is 4.83. The van der Waals surface area contributed by atoms with Crippen LogP contribution in [0.1, 0.15) is 39.5 Å². The second-order valence-electron chi connectivity index (χ2n) is 11.2. The zero-order valence-electron chi connectivity index (χ0n) is 23.0. The monoisotopic (exact) mass is 652 g/mol. The number of alkyl halides is 1. The number of nitrogens with zero attached hydrogens (tertiary/aromatic N) is 2. The first-order valence-electron chi connectivity index (χ1n) is 13.8. The van der Waals surface area contributed by atoms with Crippen molar-refractivity contribution in [3.8, 4) is 0 Å². The average molecular weight is 654 g/mol. The zero-order valence-corrected chi connectivity index (χ0v) is 26.2. The van der Waals surface area contributed by atoms with Gasteiger partial charge in [0.2, 0.25) is 5.91 Å². The number of aliphatic hydroxyl groups is 1. The van der Waals surface area contributed by atoms with Gasteiger partial charge in [-0.15, -0.1) is 24.9 Å². The van der Waals surface area contributed by atoms with Crippen molar-refractivity contribution in [3.05, 3.63) is 54.6 Å². The number of aliphatic hydroxyl groups excluding tert-OH is 1. The molecule has 1 N–H and O–H groups in total. The van der Waals surface area contributed by atoms with Crippen LogP contribution in [0, 0.1) is 17.8 Å². The Morgan fingerprint density at radius 2 is 2.00 bits per heavy atom. The summed E-state index contributed by atoms with van der Waals surface area (Å²) in [5, 5.41) is 10.9. The number of anilines is 1. The molecule has 7 nitrogen and oxygen atoms in total. The summed E-state index contributed by atoms with van der Waals surface area (Å²) in [4.78, 5) is 45.7. The molecule has 2 amide bonds. The molecule has 3 saturated heterocycles. The van der Waals surface area contributed by atoms with E-state index in [2.05, 4.69) is 29.1 Å². The molecule has 2 bridgehead atoms. The van der Waals surface area contributed by atoms with Gasteiger partial charge in [0, 0.05) is 27.3 Å². The third kappa shape index (κ3) is 5.63. The number of hydrogen-bond donors (Lipinski definition) is 1. The number of halogens is 2. The number of unbranched alkanes of at least 4 members (excludes halogenated alkanes) is 1. The van der Waals surface area contributed by atoms with Gasteiger partial charge < -0.3 is 19.6 Å². The van der Waals surface area contributed by atoms with Crippen LogP contribution in [-0.2, 0) is 19.1 Å².